The van der Waals surface area contributed by atoms with Gasteiger partial charge in [0.25, 0.3) is 5.56 Å². The normalized spacial score (nSPS) is 18.3. The molecule has 1 aliphatic heterocycles. The Morgan fingerprint density at radius 2 is 1.83 bits per heavy atom. The van der Waals surface area contributed by atoms with Crippen molar-refractivity contribution in [2.75, 3.05) is 18.0 Å². The largest absolute Gasteiger partial charge is 0.339 e. The summed E-state index contributed by atoms with van der Waals surface area (Å²) < 4.78 is 29.3. The predicted molar refractivity (Wildman–Crippen MR) is 136 cm³/mol. The summed E-state index contributed by atoms with van der Waals surface area (Å²) in [6, 6.07) is 18.7. The van der Waals surface area contributed by atoms with Crippen LogP contribution in [-0.4, -0.2) is 41.2 Å². The Labute approximate surface area is 208 Å². The van der Waals surface area contributed by atoms with Gasteiger partial charge >= 0.3 is 0 Å². The molecule has 1 saturated heterocycles. The molecule has 1 fully saturated rings. The van der Waals surface area contributed by atoms with Crippen LogP contribution in [0.1, 0.15) is 30.9 Å². The maximum atomic E-state index is 13.8. The number of rotatable bonds is 5. The molecule has 36 heavy (non-hydrogen) atoms. The summed E-state index contributed by atoms with van der Waals surface area (Å²) in [6.45, 7) is 3.22. The molecule has 184 valence electrons. The van der Waals surface area contributed by atoms with Gasteiger partial charge in [0, 0.05) is 24.8 Å². The summed E-state index contributed by atoms with van der Waals surface area (Å²) in [5.74, 6) is 0.385. The topological polar surface area (TPSA) is 126 Å². The van der Waals surface area contributed by atoms with Crippen molar-refractivity contribution in [1.29, 1.82) is 5.26 Å². The molecule has 0 radical (unpaired) electrons. The number of nitrogens with two attached hydrogens (primary N) is 1. The molecule has 0 amide bonds. The van der Waals surface area contributed by atoms with E-state index in [9.17, 15) is 18.5 Å². The summed E-state index contributed by atoms with van der Waals surface area (Å²) in [4.78, 5) is 15.9. The molecule has 2 N–H and O–H groups in total. The van der Waals surface area contributed by atoms with E-state index in [1.54, 1.807) is 36.4 Å². The first kappa shape index (κ1) is 23.8. The number of piperidine rings is 1. The average Bonchev–Trinajstić information content (AvgIpc) is 3.31. The van der Waals surface area contributed by atoms with E-state index in [4.69, 9.17) is 10.8 Å². The molecule has 9 nitrogen and oxygen atoms in total. The van der Waals surface area contributed by atoms with Gasteiger partial charge in [-0.1, -0.05) is 36.4 Å². The second-order valence-corrected chi connectivity index (χ2v) is 11.4. The fraction of sp³-hybridized carbons (Fsp3) is 0.269. The molecule has 1 aliphatic rings. The number of nitriles is 1. The molecular formula is C26H26N6O3S. The molecule has 1 atom stereocenters. The molecule has 0 aliphatic carbocycles. The van der Waals surface area contributed by atoms with E-state index in [0.29, 0.717) is 30.2 Å². The number of benzene rings is 2. The SMILES string of the molecule is C[C@@]1(N)CCCN(c2nn3cc(S(=O)(=O)c4ccccc4)cc3c(=O)n2Cc2ccccc2C#N)C1. The highest BCUT2D eigenvalue weighted by atomic mass is 32.2. The fourth-order valence-electron chi connectivity index (χ4n) is 4.69. The van der Waals surface area contributed by atoms with Crippen LogP contribution in [0.5, 0.6) is 0 Å². The lowest BCUT2D eigenvalue weighted by Gasteiger charge is -2.39. The van der Waals surface area contributed by atoms with Gasteiger partial charge in [0.1, 0.15) is 5.52 Å². The minimum atomic E-state index is -3.84. The van der Waals surface area contributed by atoms with E-state index < -0.39 is 20.9 Å². The van der Waals surface area contributed by atoms with Crippen molar-refractivity contribution in [3.8, 4) is 6.07 Å². The molecule has 3 heterocycles. The number of sulfone groups is 1. The Hall–Kier alpha value is -3.94. The van der Waals surface area contributed by atoms with Crippen LogP contribution in [0.25, 0.3) is 5.52 Å². The lowest BCUT2D eigenvalue weighted by molar-refractivity contribution is 0.367. The van der Waals surface area contributed by atoms with Crippen LogP contribution in [0.15, 0.2) is 81.4 Å². The van der Waals surface area contributed by atoms with Crippen LogP contribution < -0.4 is 16.2 Å². The van der Waals surface area contributed by atoms with Gasteiger partial charge in [-0.2, -0.15) is 5.26 Å². The van der Waals surface area contributed by atoms with Crippen LogP contribution in [0.3, 0.4) is 0 Å². The van der Waals surface area contributed by atoms with Crippen molar-refractivity contribution in [3.05, 3.63) is 88.3 Å². The van der Waals surface area contributed by atoms with Crippen molar-refractivity contribution in [3.63, 3.8) is 0 Å². The molecule has 4 aromatic rings. The lowest BCUT2D eigenvalue weighted by Crippen LogP contribution is -2.53. The third-order valence-corrected chi connectivity index (χ3v) is 8.26. The Balaban J connectivity index is 1.70. The van der Waals surface area contributed by atoms with Crippen LogP contribution in [0.2, 0.25) is 0 Å². The van der Waals surface area contributed by atoms with E-state index in [1.165, 1.54) is 33.5 Å². The zero-order chi connectivity index (χ0) is 25.5. The zero-order valence-corrected chi connectivity index (χ0v) is 20.6. The van der Waals surface area contributed by atoms with Crippen molar-refractivity contribution in [2.45, 2.75) is 41.6 Å². The van der Waals surface area contributed by atoms with Gasteiger partial charge < -0.3 is 10.6 Å². The van der Waals surface area contributed by atoms with E-state index in [0.717, 1.165) is 12.8 Å². The van der Waals surface area contributed by atoms with Crippen LogP contribution >= 0.6 is 0 Å². The number of hydrogen-bond acceptors (Lipinski definition) is 7. The van der Waals surface area contributed by atoms with Crippen LogP contribution in [0, 0.1) is 11.3 Å². The Bertz CT molecular complexity index is 1650. The Morgan fingerprint density at radius 3 is 2.56 bits per heavy atom. The first-order chi connectivity index (χ1) is 17.2. The molecule has 0 bridgehead atoms. The van der Waals surface area contributed by atoms with Crippen molar-refractivity contribution >= 4 is 21.3 Å². The average molecular weight is 503 g/mol. The van der Waals surface area contributed by atoms with Crippen molar-refractivity contribution in [2.24, 2.45) is 5.73 Å². The maximum absolute atomic E-state index is 13.8. The number of aromatic nitrogens is 3. The lowest BCUT2D eigenvalue weighted by atomic mass is 9.93. The highest BCUT2D eigenvalue weighted by molar-refractivity contribution is 7.91. The van der Waals surface area contributed by atoms with Gasteiger partial charge in [-0.15, -0.1) is 5.10 Å². The van der Waals surface area contributed by atoms with Crippen molar-refractivity contribution < 1.29 is 8.42 Å². The van der Waals surface area contributed by atoms with Crippen LogP contribution in [-0.2, 0) is 16.4 Å². The molecule has 0 unspecified atom stereocenters. The summed E-state index contributed by atoms with van der Waals surface area (Å²) in [7, 11) is -3.84. The molecule has 0 saturated carbocycles. The first-order valence-electron chi connectivity index (χ1n) is 11.6. The molecule has 10 heteroatoms. The van der Waals surface area contributed by atoms with Gasteiger partial charge in [0.2, 0.25) is 15.8 Å². The van der Waals surface area contributed by atoms with E-state index in [2.05, 4.69) is 6.07 Å². The van der Waals surface area contributed by atoms with Gasteiger partial charge in [-0.25, -0.2) is 12.9 Å². The highest BCUT2D eigenvalue weighted by Gasteiger charge is 2.30. The number of hydrogen-bond donors (Lipinski definition) is 1. The zero-order valence-electron chi connectivity index (χ0n) is 19.8. The molecular weight excluding hydrogens is 476 g/mol. The predicted octanol–water partition coefficient (Wildman–Crippen LogP) is 2.57. The molecule has 5 rings (SSSR count). The fourth-order valence-corrected chi connectivity index (χ4v) is 5.98. The van der Waals surface area contributed by atoms with E-state index in [-0.39, 0.29) is 21.9 Å². The highest BCUT2D eigenvalue weighted by Crippen LogP contribution is 2.26. The number of nitrogens with zero attached hydrogens (tertiary/aromatic N) is 5. The van der Waals surface area contributed by atoms with Gasteiger partial charge in [-0.05, 0) is 49.6 Å². The quantitative estimate of drug-likeness (QED) is 0.444. The second kappa shape index (κ2) is 8.93. The summed E-state index contributed by atoms with van der Waals surface area (Å²) >= 11 is 0. The minimum Gasteiger partial charge on any atom is -0.339 e. The minimum absolute atomic E-state index is 0.0123. The third-order valence-electron chi connectivity index (χ3n) is 6.52. The summed E-state index contributed by atoms with van der Waals surface area (Å²) in [6.07, 6.45) is 3.05. The maximum Gasteiger partial charge on any atom is 0.279 e. The molecule has 0 spiro atoms. The first-order valence-corrected chi connectivity index (χ1v) is 13.1. The number of fused-ring (bicyclic) bond motifs is 1. The third kappa shape index (κ3) is 4.27. The van der Waals surface area contributed by atoms with E-state index in [1.807, 2.05) is 17.9 Å². The standard InChI is InChI=1S/C26H26N6O3S/c1-26(28)12-7-13-30(18-26)25-29-32-17-22(36(34,35)21-10-3-2-4-11-21)14-23(32)24(33)31(25)16-20-9-6-5-8-19(20)15-27/h2-6,8-11,14,17H,7,12-13,16,18,28H2,1H3/t26-/m1/s1. The summed E-state index contributed by atoms with van der Waals surface area (Å²) in [5, 5.41) is 14.3. The Morgan fingerprint density at radius 1 is 1.11 bits per heavy atom. The molecule has 2 aromatic carbocycles. The van der Waals surface area contributed by atoms with Gasteiger partial charge in [-0.3, -0.25) is 9.36 Å². The van der Waals surface area contributed by atoms with Crippen molar-refractivity contribution in [1.82, 2.24) is 14.2 Å². The van der Waals surface area contributed by atoms with Gasteiger partial charge in [0.15, 0.2) is 0 Å². The smallest absolute Gasteiger partial charge is 0.279 e. The summed E-state index contributed by atoms with van der Waals surface area (Å²) in [5.41, 5.74) is 6.85. The monoisotopic (exact) mass is 502 g/mol. The van der Waals surface area contributed by atoms with Gasteiger partial charge in [0.05, 0.1) is 28.0 Å². The van der Waals surface area contributed by atoms with Crippen LogP contribution in [0.4, 0.5) is 5.95 Å². The van der Waals surface area contributed by atoms with E-state index >= 15 is 0 Å². The Kier molecular flexibility index (Phi) is 5.90. The second-order valence-electron chi connectivity index (χ2n) is 9.46. The molecule has 2 aromatic heterocycles. The number of anilines is 1.